The summed E-state index contributed by atoms with van der Waals surface area (Å²) in [6, 6.07) is -1.45. The largest absolute Gasteiger partial charge is 0.523 e. The number of amides is 1. The summed E-state index contributed by atoms with van der Waals surface area (Å²) < 4.78 is 105. The number of ether oxygens (including phenoxy) is 5. The Morgan fingerprint density at radius 3 is 2.07 bits per heavy atom. The number of rotatable bonds is 10. The van der Waals surface area contributed by atoms with Gasteiger partial charge in [-0.05, 0) is 107 Å². The van der Waals surface area contributed by atoms with E-state index < -0.39 is 128 Å². The number of allylic oxidation sites excluding steroid dienone is 4. The minimum Gasteiger partial charge on any atom is -0.456 e. The van der Waals surface area contributed by atoms with Crippen LogP contribution in [-0.2, 0) is 61.6 Å². The van der Waals surface area contributed by atoms with Gasteiger partial charge in [-0.3, -0.25) is 23.5 Å². The van der Waals surface area contributed by atoms with Gasteiger partial charge in [0.25, 0.3) is 11.7 Å². The number of esters is 1. The van der Waals surface area contributed by atoms with Crippen molar-refractivity contribution in [1.29, 1.82) is 0 Å². The molecule has 16 atom stereocenters. The Bertz CT molecular complexity index is 2080. The first-order chi connectivity index (χ1) is 32.8. The van der Waals surface area contributed by atoms with E-state index in [-0.39, 0.29) is 50.2 Å². The number of hydrogen-bond acceptors (Lipinski definition) is 14. The quantitative estimate of drug-likeness (QED) is 0.0555. The summed E-state index contributed by atoms with van der Waals surface area (Å²) in [5.74, 6) is -9.72. The van der Waals surface area contributed by atoms with Crippen molar-refractivity contribution in [3.05, 3.63) is 36.0 Å². The number of halogens is 3. The van der Waals surface area contributed by atoms with Crippen LogP contribution in [-0.4, -0.2) is 133 Å². The standard InChI is InChI=1S/C51H79F3NO14SSi/c1-15-16-35-22-28(2)21-29(3)23-41(64-13)44-42(65-14)25-32(6)50(60,67-44)45(57)46(58)55-37(19-17-31(5)49(55,11)69-71)47(59)66-43(33(7)36(27-38(35)56)48(8,9)10)30(4)24-34-18-20-39(40(26-34)63-12)68-70(61,62)51(52,53)54/h15,22,24,29,31-37,39-44,60H,1,16-21,23,25-27H2,2-14H3. The molecule has 16 unspecified atom stereocenters. The van der Waals surface area contributed by atoms with Crippen molar-refractivity contribution in [3.63, 3.8) is 0 Å². The van der Waals surface area contributed by atoms with Gasteiger partial charge in [-0.25, -0.2) is 4.79 Å². The Hall–Kier alpha value is -2.82. The smallest absolute Gasteiger partial charge is 0.456 e. The molecule has 15 nitrogen and oxygen atoms in total. The Morgan fingerprint density at radius 1 is 0.915 bits per heavy atom. The van der Waals surface area contributed by atoms with Crippen LogP contribution in [0.15, 0.2) is 36.0 Å². The number of cyclic esters (lactones) is 1. The summed E-state index contributed by atoms with van der Waals surface area (Å²) in [6.07, 6.45) is 1.54. The fourth-order valence-electron chi connectivity index (χ4n) is 11.5. The molecule has 2 bridgehead atoms. The van der Waals surface area contributed by atoms with Crippen molar-refractivity contribution in [3.8, 4) is 0 Å². The molecule has 0 aromatic carbocycles. The van der Waals surface area contributed by atoms with Crippen molar-refractivity contribution < 1.29 is 78.2 Å². The van der Waals surface area contributed by atoms with Crippen molar-refractivity contribution in [2.75, 3.05) is 21.3 Å². The first-order valence-electron chi connectivity index (χ1n) is 24.8. The number of alkyl halides is 3. The molecule has 71 heavy (non-hydrogen) atoms. The number of methoxy groups -OCH3 is 3. The summed E-state index contributed by atoms with van der Waals surface area (Å²) in [7, 11) is 1.47. The summed E-state index contributed by atoms with van der Waals surface area (Å²) in [5, 5.41) is 12.4. The van der Waals surface area contributed by atoms with Crippen LogP contribution in [0.1, 0.15) is 133 Å². The third-order valence-corrected chi connectivity index (χ3v) is 17.3. The van der Waals surface area contributed by atoms with E-state index in [1.807, 2.05) is 53.7 Å². The number of hydrogen-bond donors (Lipinski definition) is 1. The van der Waals surface area contributed by atoms with Gasteiger partial charge in [0.05, 0.1) is 18.3 Å². The van der Waals surface area contributed by atoms with Crippen LogP contribution >= 0.6 is 0 Å². The number of carbonyl (C=O) groups excluding carboxylic acids is 4. The second kappa shape index (κ2) is 24.2. The Labute approximate surface area is 423 Å². The maximum Gasteiger partial charge on any atom is 0.523 e. The molecule has 0 aromatic rings. The number of carbonyl (C=O) groups is 4. The average Bonchev–Trinajstić information content (AvgIpc) is 3.28. The van der Waals surface area contributed by atoms with Crippen LogP contribution in [0.2, 0.25) is 0 Å². The Kier molecular flexibility index (Phi) is 20.7. The van der Waals surface area contributed by atoms with Gasteiger partial charge in [0.15, 0.2) is 0 Å². The molecular formula is C51H79F3NO14SSi. The number of piperidine rings is 1. The van der Waals surface area contributed by atoms with E-state index >= 15 is 9.59 Å². The van der Waals surface area contributed by atoms with Crippen molar-refractivity contribution in [1.82, 2.24) is 4.90 Å². The zero-order valence-electron chi connectivity index (χ0n) is 43.8. The van der Waals surface area contributed by atoms with E-state index in [0.29, 0.717) is 31.3 Å². The number of fused-ring (bicyclic) bond motifs is 3. The summed E-state index contributed by atoms with van der Waals surface area (Å²) in [6.45, 7) is 22.4. The molecule has 1 saturated carbocycles. The van der Waals surface area contributed by atoms with Gasteiger partial charge in [0.2, 0.25) is 16.3 Å². The molecule has 3 aliphatic heterocycles. The molecule has 1 aliphatic carbocycles. The van der Waals surface area contributed by atoms with Crippen LogP contribution in [0.25, 0.3) is 0 Å². The highest BCUT2D eigenvalue weighted by atomic mass is 32.2. The zero-order valence-corrected chi connectivity index (χ0v) is 45.7. The maximum atomic E-state index is 15.2. The lowest BCUT2D eigenvalue weighted by Gasteiger charge is -2.52. The van der Waals surface area contributed by atoms with Gasteiger partial charge in [-0.2, -0.15) is 21.6 Å². The van der Waals surface area contributed by atoms with Crippen LogP contribution < -0.4 is 0 Å². The molecule has 403 valence electrons. The first kappa shape index (κ1) is 60.7. The van der Waals surface area contributed by atoms with Crippen molar-refractivity contribution >= 4 is 44.0 Å². The van der Waals surface area contributed by atoms with Gasteiger partial charge >= 0.3 is 21.6 Å². The van der Waals surface area contributed by atoms with Crippen LogP contribution in [0.5, 0.6) is 0 Å². The average molecular weight is 1050 g/mol. The molecule has 3 heterocycles. The second-order valence-corrected chi connectivity index (χ2v) is 23.7. The molecular weight excluding hydrogens is 968 g/mol. The fraction of sp³-hybridized carbons (Fsp3) is 0.804. The monoisotopic (exact) mass is 1050 g/mol. The Morgan fingerprint density at radius 2 is 1.52 bits per heavy atom. The molecule has 4 aliphatic rings. The van der Waals surface area contributed by atoms with Gasteiger partial charge in [-0.15, -0.1) is 6.58 Å². The van der Waals surface area contributed by atoms with Gasteiger partial charge in [0.1, 0.15) is 35.9 Å². The van der Waals surface area contributed by atoms with E-state index in [4.69, 9.17) is 28.1 Å². The molecule has 20 heteroatoms. The summed E-state index contributed by atoms with van der Waals surface area (Å²) in [4.78, 5) is 60.8. The molecule has 4 rings (SSSR count). The third-order valence-electron chi connectivity index (χ3n) is 15.8. The van der Waals surface area contributed by atoms with E-state index in [1.165, 1.54) is 21.3 Å². The minimum absolute atomic E-state index is 0.0252. The lowest BCUT2D eigenvalue weighted by molar-refractivity contribution is -0.303. The maximum absolute atomic E-state index is 15.2. The summed E-state index contributed by atoms with van der Waals surface area (Å²) in [5.41, 5.74) is -6.39. The van der Waals surface area contributed by atoms with Crippen molar-refractivity contribution in [2.24, 2.45) is 46.8 Å². The molecule has 3 fully saturated rings. The minimum atomic E-state index is -5.92. The highest BCUT2D eigenvalue weighted by molar-refractivity contribution is 7.87. The Balaban J connectivity index is 1.92. The number of nitrogens with zero attached hydrogens (tertiary/aromatic N) is 1. The SMILES string of the molecule is C=CCC1C=C(C)CC(C)CC(OC)C2OC(O)(C(=O)C(=O)N3C(CCC(C)C3(C)O[Si])C(=O)OC(C(C)=CC3CCC(OS(=O)(=O)C(F)(F)F)C(OC)C3)C(C)C(C(C)(C)C)CC1=O)C(C)CC2OC. The zero-order chi connectivity index (χ0) is 53.8. The highest BCUT2D eigenvalue weighted by Crippen LogP contribution is 2.45. The van der Waals surface area contributed by atoms with E-state index in [9.17, 15) is 36.3 Å². The lowest BCUT2D eigenvalue weighted by atomic mass is 9.67. The molecule has 0 aromatic heterocycles. The van der Waals surface area contributed by atoms with Crippen LogP contribution in [0.4, 0.5) is 13.2 Å². The number of ketones is 2. The molecule has 1 amide bonds. The fourth-order valence-corrected chi connectivity index (χ4v) is 12.4. The highest BCUT2D eigenvalue weighted by Gasteiger charge is 2.60. The van der Waals surface area contributed by atoms with Crippen molar-refractivity contribution in [2.45, 2.75) is 193 Å². The molecule has 3 radical (unpaired) electrons. The van der Waals surface area contributed by atoms with Gasteiger partial charge < -0.3 is 33.2 Å². The molecule has 2 saturated heterocycles. The predicted molar refractivity (Wildman–Crippen MR) is 258 cm³/mol. The third kappa shape index (κ3) is 13.7. The van der Waals surface area contributed by atoms with Gasteiger partial charge in [0, 0.05) is 51.4 Å². The van der Waals surface area contributed by atoms with E-state index in [2.05, 4.69) is 21.2 Å². The van der Waals surface area contributed by atoms with Crippen LogP contribution in [0.3, 0.4) is 0 Å². The predicted octanol–water partition coefficient (Wildman–Crippen LogP) is 7.88. The topological polar surface area (TPSA) is 190 Å². The lowest BCUT2D eigenvalue weighted by Crippen LogP contribution is -2.69. The summed E-state index contributed by atoms with van der Waals surface area (Å²) >= 11 is 0. The van der Waals surface area contributed by atoms with Crippen LogP contribution in [0, 0.1) is 46.8 Å². The van der Waals surface area contributed by atoms with Gasteiger partial charge in [-0.1, -0.05) is 72.3 Å². The van der Waals surface area contributed by atoms with E-state index in [1.54, 1.807) is 33.8 Å². The van der Waals surface area contributed by atoms with E-state index in [0.717, 1.165) is 10.5 Å². The first-order valence-corrected chi connectivity index (χ1v) is 26.6. The normalized spacial score (nSPS) is 38.4. The molecule has 1 N–H and O–H groups in total. The number of Topliss-reactive ketones (excluding diaryl/α,β-unsaturated/α-hetero) is 2. The second-order valence-electron chi connectivity index (χ2n) is 22.0. The molecule has 0 spiro atoms. The number of aliphatic hydroxyl groups is 1.